The summed E-state index contributed by atoms with van der Waals surface area (Å²) in [6.07, 6.45) is 1.59. The maximum Gasteiger partial charge on any atom is 0.178 e. The molecule has 4 nitrogen and oxygen atoms in total. The van der Waals surface area contributed by atoms with Crippen LogP contribution in [-0.2, 0) is 0 Å². The molecule has 0 aliphatic rings. The van der Waals surface area contributed by atoms with E-state index in [0.717, 1.165) is 16.9 Å². The fraction of sp³-hybridized carbons (Fsp3) is 0. The molecule has 0 unspecified atom stereocenters. The van der Waals surface area contributed by atoms with Gasteiger partial charge in [-0.3, -0.25) is 0 Å². The Bertz CT molecular complexity index is 690. The Kier molecular flexibility index (Phi) is 2.23. The number of anilines is 1. The van der Waals surface area contributed by atoms with Crippen LogP contribution in [0.25, 0.3) is 22.6 Å². The van der Waals surface area contributed by atoms with Gasteiger partial charge >= 0.3 is 0 Å². The molecule has 1 aromatic carbocycles. The molecule has 0 bridgehead atoms. The molecule has 0 spiro atoms. The Morgan fingerprint density at radius 3 is 2.94 bits per heavy atom. The van der Waals surface area contributed by atoms with E-state index in [1.165, 1.54) is 0 Å². The van der Waals surface area contributed by atoms with Crippen LogP contribution in [0.2, 0.25) is 5.02 Å². The molecule has 3 N–H and O–H groups in total. The average Bonchev–Trinajstić information content (AvgIpc) is 2.72. The molecule has 2 heterocycles. The molecule has 17 heavy (non-hydrogen) atoms. The number of aromatic amines is 1. The van der Waals surface area contributed by atoms with Gasteiger partial charge < -0.3 is 10.7 Å². The van der Waals surface area contributed by atoms with Crippen LogP contribution in [0.4, 0.5) is 5.69 Å². The molecule has 3 aromatic rings. The van der Waals surface area contributed by atoms with Crippen LogP contribution >= 0.6 is 11.6 Å². The van der Waals surface area contributed by atoms with Crippen molar-refractivity contribution in [1.29, 1.82) is 0 Å². The maximum atomic E-state index is 5.94. The lowest BCUT2D eigenvalue weighted by atomic mass is 10.2. The van der Waals surface area contributed by atoms with Gasteiger partial charge in [0.25, 0.3) is 0 Å². The summed E-state index contributed by atoms with van der Waals surface area (Å²) in [6, 6.07) is 9.30. The minimum absolute atomic E-state index is 0.610. The van der Waals surface area contributed by atoms with Gasteiger partial charge in [-0.05, 0) is 18.2 Å². The van der Waals surface area contributed by atoms with Crippen LogP contribution in [0.5, 0.6) is 0 Å². The number of aromatic nitrogens is 3. The number of benzene rings is 1. The van der Waals surface area contributed by atoms with Crippen molar-refractivity contribution in [2.24, 2.45) is 0 Å². The fourth-order valence-corrected chi connectivity index (χ4v) is 1.88. The zero-order valence-electron chi connectivity index (χ0n) is 8.81. The first-order valence-electron chi connectivity index (χ1n) is 5.09. The predicted molar refractivity (Wildman–Crippen MR) is 68.7 cm³/mol. The summed E-state index contributed by atoms with van der Waals surface area (Å²) in [5.41, 5.74) is 8.67. The van der Waals surface area contributed by atoms with Gasteiger partial charge in [-0.25, -0.2) is 9.97 Å². The second-order valence-corrected chi connectivity index (χ2v) is 4.17. The number of nitrogens with two attached hydrogens (primary N) is 1. The van der Waals surface area contributed by atoms with Crippen LogP contribution < -0.4 is 5.73 Å². The summed E-state index contributed by atoms with van der Waals surface area (Å²) in [5, 5.41) is 0.676. The average molecular weight is 245 g/mol. The minimum Gasteiger partial charge on any atom is -0.397 e. The molecule has 3 rings (SSSR count). The normalized spacial score (nSPS) is 10.9. The summed E-state index contributed by atoms with van der Waals surface area (Å²) in [6.45, 7) is 0. The third-order valence-corrected chi connectivity index (χ3v) is 2.69. The Morgan fingerprint density at radius 2 is 2.12 bits per heavy atom. The molecule has 0 fully saturated rings. The number of halogens is 1. The van der Waals surface area contributed by atoms with E-state index in [1.54, 1.807) is 6.20 Å². The lowest BCUT2D eigenvalue weighted by Crippen LogP contribution is -1.85. The molecule has 0 saturated carbocycles. The molecule has 0 atom stereocenters. The largest absolute Gasteiger partial charge is 0.397 e. The molecule has 5 heteroatoms. The highest BCUT2D eigenvalue weighted by Gasteiger charge is 2.06. The number of H-pyrrole nitrogens is 1. The minimum atomic E-state index is 0.610. The summed E-state index contributed by atoms with van der Waals surface area (Å²) in [7, 11) is 0. The van der Waals surface area contributed by atoms with Crippen molar-refractivity contribution in [3.05, 3.63) is 41.6 Å². The molecule has 0 amide bonds. The Morgan fingerprint density at radius 1 is 1.24 bits per heavy atom. The van der Waals surface area contributed by atoms with E-state index in [4.69, 9.17) is 17.3 Å². The van der Waals surface area contributed by atoms with Crippen molar-refractivity contribution in [1.82, 2.24) is 15.0 Å². The first kappa shape index (κ1) is 10.1. The third-order valence-electron chi connectivity index (χ3n) is 2.46. The van der Waals surface area contributed by atoms with Gasteiger partial charge in [0.15, 0.2) is 5.65 Å². The highest BCUT2D eigenvalue weighted by Crippen LogP contribution is 2.22. The molecule has 0 radical (unpaired) electrons. The number of nitrogen functional groups attached to an aromatic ring is 1. The van der Waals surface area contributed by atoms with Crippen LogP contribution in [0.3, 0.4) is 0 Å². The van der Waals surface area contributed by atoms with Crippen molar-refractivity contribution in [3.63, 3.8) is 0 Å². The summed E-state index contributed by atoms with van der Waals surface area (Å²) < 4.78 is 0. The highest BCUT2D eigenvalue weighted by atomic mass is 35.5. The Balaban J connectivity index is 2.18. The monoisotopic (exact) mass is 244 g/mol. The molecular formula is C12H9ClN4. The molecule has 0 aliphatic carbocycles. The number of pyridine rings is 1. The van der Waals surface area contributed by atoms with Gasteiger partial charge in [0.2, 0.25) is 0 Å². The predicted octanol–water partition coefficient (Wildman–Crippen LogP) is 2.86. The van der Waals surface area contributed by atoms with Gasteiger partial charge in [0.05, 0.1) is 17.4 Å². The van der Waals surface area contributed by atoms with E-state index in [9.17, 15) is 0 Å². The standard InChI is InChI=1S/C12H9ClN4/c13-8-3-1-2-7(4-8)11-16-10-5-9(14)6-15-12(10)17-11/h1-6H,14H2,(H,15,16,17). The second kappa shape index (κ2) is 3.75. The molecule has 84 valence electrons. The Hall–Kier alpha value is -2.07. The van der Waals surface area contributed by atoms with Gasteiger partial charge in [-0.2, -0.15) is 0 Å². The van der Waals surface area contributed by atoms with Crippen molar-refractivity contribution in [2.75, 3.05) is 5.73 Å². The number of nitrogens with zero attached hydrogens (tertiary/aromatic N) is 2. The smallest absolute Gasteiger partial charge is 0.178 e. The van der Waals surface area contributed by atoms with Gasteiger partial charge in [-0.1, -0.05) is 23.7 Å². The lowest BCUT2D eigenvalue weighted by Gasteiger charge is -1.95. The zero-order valence-corrected chi connectivity index (χ0v) is 9.57. The number of rotatable bonds is 1. The topological polar surface area (TPSA) is 67.6 Å². The van der Waals surface area contributed by atoms with E-state index < -0.39 is 0 Å². The van der Waals surface area contributed by atoms with Crippen LogP contribution in [0, 0.1) is 0 Å². The number of hydrogen-bond donors (Lipinski definition) is 2. The first-order chi connectivity index (χ1) is 8.22. The van der Waals surface area contributed by atoms with E-state index in [1.807, 2.05) is 30.3 Å². The summed E-state index contributed by atoms with van der Waals surface area (Å²) in [5.74, 6) is 0.737. The maximum absolute atomic E-state index is 5.94. The van der Waals surface area contributed by atoms with Crippen LogP contribution in [-0.4, -0.2) is 15.0 Å². The van der Waals surface area contributed by atoms with E-state index in [0.29, 0.717) is 16.4 Å². The third kappa shape index (κ3) is 1.83. The van der Waals surface area contributed by atoms with E-state index in [-0.39, 0.29) is 0 Å². The van der Waals surface area contributed by atoms with Gasteiger partial charge in [0, 0.05) is 10.6 Å². The fourth-order valence-electron chi connectivity index (χ4n) is 1.69. The van der Waals surface area contributed by atoms with E-state index in [2.05, 4.69) is 15.0 Å². The van der Waals surface area contributed by atoms with Crippen molar-refractivity contribution < 1.29 is 0 Å². The zero-order chi connectivity index (χ0) is 11.8. The van der Waals surface area contributed by atoms with Crippen molar-refractivity contribution in [2.45, 2.75) is 0 Å². The number of hydrogen-bond acceptors (Lipinski definition) is 3. The summed E-state index contributed by atoms with van der Waals surface area (Å²) in [4.78, 5) is 11.7. The van der Waals surface area contributed by atoms with E-state index >= 15 is 0 Å². The van der Waals surface area contributed by atoms with Gasteiger partial charge in [-0.15, -0.1) is 0 Å². The molecule has 0 aliphatic heterocycles. The van der Waals surface area contributed by atoms with Crippen LogP contribution in [0.1, 0.15) is 0 Å². The summed E-state index contributed by atoms with van der Waals surface area (Å²) >= 11 is 5.94. The van der Waals surface area contributed by atoms with Crippen molar-refractivity contribution >= 4 is 28.5 Å². The van der Waals surface area contributed by atoms with Gasteiger partial charge in [0.1, 0.15) is 5.82 Å². The van der Waals surface area contributed by atoms with Crippen molar-refractivity contribution in [3.8, 4) is 11.4 Å². The number of nitrogens with one attached hydrogen (secondary N) is 1. The quantitative estimate of drug-likeness (QED) is 0.692. The second-order valence-electron chi connectivity index (χ2n) is 3.74. The SMILES string of the molecule is Nc1cnc2nc(-c3cccc(Cl)c3)[nH]c2c1. The molecule has 0 saturated heterocycles. The molecular weight excluding hydrogens is 236 g/mol. The lowest BCUT2D eigenvalue weighted by molar-refractivity contribution is 1.30. The van der Waals surface area contributed by atoms with Crippen LogP contribution in [0.15, 0.2) is 36.5 Å². The first-order valence-corrected chi connectivity index (χ1v) is 5.47. The highest BCUT2D eigenvalue weighted by molar-refractivity contribution is 6.30. The number of imidazole rings is 1. The molecule has 2 aromatic heterocycles. The number of fused-ring (bicyclic) bond motifs is 1. The Labute approximate surface area is 102 Å².